The highest BCUT2D eigenvalue weighted by Gasteiger charge is 2.27. The minimum atomic E-state index is -0.285. The summed E-state index contributed by atoms with van der Waals surface area (Å²) in [4.78, 5) is 27.5. The van der Waals surface area contributed by atoms with Gasteiger partial charge in [-0.3, -0.25) is 14.5 Å². The largest absolute Gasteiger partial charge is 0.368 e. The van der Waals surface area contributed by atoms with E-state index < -0.39 is 0 Å². The molecule has 20 heavy (non-hydrogen) atoms. The highest BCUT2D eigenvalue weighted by Crippen LogP contribution is 2.27. The number of hydrogen-bond donors (Lipinski definition) is 1. The van der Waals surface area contributed by atoms with Crippen molar-refractivity contribution in [3.8, 4) is 0 Å². The van der Waals surface area contributed by atoms with E-state index in [1.165, 1.54) is 32.1 Å². The van der Waals surface area contributed by atoms with E-state index >= 15 is 0 Å². The van der Waals surface area contributed by atoms with Crippen LogP contribution in [-0.4, -0.2) is 53.8 Å². The van der Waals surface area contributed by atoms with Crippen LogP contribution < -0.4 is 5.73 Å². The maximum Gasteiger partial charge on any atom is 0.234 e. The summed E-state index contributed by atoms with van der Waals surface area (Å²) >= 11 is 0. The second-order valence-electron chi connectivity index (χ2n) is 6.20. The molecule has 1 aliphatic carbocycles. The van der Waals surface area contributed by atoms with Gasteiger partial charge in [0.25, 0.3) is 0 Å². The van der Waals surface area contributed by atoms with Gasteiger partial charge in [0, 0.05) is 32.6 Å². The summed E-state index contributed by atoms with van der Waals surface area (Å²) in [7, 11) is 0. The van der Waals surface area contributed by atoms with Crippen molar-refractivity contribution < 1.29 is 9.59 Å². The third-order valence-corrected chi connectivity index (χ3v) is 4.81. The van der Waals surface area contributed by atoms with E-state index in [0.717, 1.165) is 26.2 Å². The Morgan fingerprint density at radius 1 is 1.10 bits per heavy atom. The van der Waals surface area contributed by atoms with Crippen LogP contribution in [0.2, 0.25) is 0 Å². The normalized spacial score (nSPS) is 23.6. The zero-order valence-corrected chi connectivity index (χ0v) is 12.5. The Balaban J connectivity index is 1.75. The van der Waals surface area contributed by atoms with Crippen molar-refractivity contribution in [2.45, 2.75) is 51.5 Å². The predicted molar refractivity (Wildman–Crippen MR) is 78.0 cm³/mol. The number of rotatable bonds is 4. The molecular formula is C15H27N3O2. The summed E-state index contributed by atoms with van der Waals surface area (Å²) in [6.45, 7) is 4.79. The first-order chi connectivity index (χ1) is 9.58. The van der Waals surface area contributed by atoms with Crippen molar-refractivity contribution in [2.75, 3.05) is 26.2 Å². The Kier molecular flexibility index (Phi) is 5.40. The average molecular weight is 281 g/mol. The molecule has 5 heteroatoms. The second kappa shape index (κ2) is 7.07. The number of nitrogens with two attached hydrogens (primary N) is 1. The van der Waals surface area contributed by atoms with Crippen molar-refractivity contribution >= 4 is 11.8 Å². The molecule has 2 N–H and O–H groups in total. The molecule has 1 atom stereocenters. The van der Waals surface area contributed by atoms with Crippen LogP contribution in [0.5, 0.6) is 0 Å². The molecule has 1 aliphatic heterocycles. The molecule has 0 aromatic heterocycles. The third kappa shape index (κ3) is 3.95. The monoisotopic (exact) mass is 281 g/mol. The Bertz CT molecular complexity index is 345. The molecular weight excluding hydrogens is 254 g/mol. The molecule has 1 saturated heterocycles. The quantitative estimate of drug-likeness (QED) is 0.835. The van der Waals surface area contributed by atoms with Crippen LogP contribution in [0.4, 0.5) is 0 Å². The molecule has 2 fully saturated rings. The summed E-state index contributed by atoms with van der Waals surface area (Å²) in [5.41, 5.74) is 5.32. The van der Waals surface area contributed by atoms with Gasteiger partial charge >= 0.3 is 0 Å². The molecule has 1 unspecified atom stereocenters. The van der Waals surface area contributed by atoms with Gasteiger partial charge in [0.1, 0.15) is 0 Å². The number of nitrogens with zero attached hydrogens (tertiary/aromatic N) is 2. The smallest absolute Gasteiger partial charge is 0.234 e. The Hall–Kier alpha value is -1.10. The lowest BCUT2D eigenvalue weighted by molar-refractivity contribution is -0.135. The molecule has 1 saturated carbocycles. The number of primary amides is 1. The van der Waals surface area contributed by atoms with Crippen molar-refractivity contribution in [1.29, 1.82) is 0 Å². The fraction of sp³-hybridized carbons (Fsp3) is 0.867. The van der Waals surface area contributed by atoms with Crippen LogP contribution in [0.3, 0.4) is 0 Å². The van der Waals surface area contributed by atoms with E-state index in [4.69, 9.17) is 5.73 Å². The first-order valence-electron chi connectivity index (χ1n) is 7.89. The number of carbonyl (C=O) groups is 2. The molecule has 5 nitrogen and oxygen atoms in total. The van der Waals surface area contributed by atoms with Gasteiger partial charge < -0.3 is 10.6 Å². The molecule has 114 valence electrons. The average Bonchev–Trinajstić information content (AvgIpc) is 2.47. The zero-order chi connectivity index (χ0) is 14.5. The molecule has 0 bridgehead atoms. The fourth-order valence-corrected chi connectivity index (χ4v) is 3.31. The van der Waals surface area contributed by atoms with Crippen molar-refractivity contribution in [3.63, 3.8) is 0 Å². The highest BCUT2D eigenvalue weighted by molar-refractivity contribution is 5.79. The van der Waals surface area contributed by atoms with E-state index in [1.807, 2.05) is 11.8 Å². The van der Waals surface area contributed by atoms with Crippen LogP contribution in [0.25, 0.3) is 0 Å². The minimum absolute atomic E-state index is 0.231. The topological polar surface area (TPSA) is 66.6 Å². The Morgan fingerprint density at radius 3 is 2.25 bits per heavy atom. The van der Waals surface area contributed by atoms with Gasteiger partial charge in [0.05, 0.1) is 6.04 Å². The minimum Gasteiger partial charge on any atom is -0.368 e. The SMILES string of the molecule is CC(C(N)=O)N1CCN(C(=O)CC2CCCCC2)CC1. The zero-order valence-electron chi connectivity index (χ0n) is 12.5. The first kappa shape index (κ1) is 15.3. The van der Waals surface area contributed by atoms with Gasteiger partial charge in [-0.25, -0.2) is 0 Å². The standard InChI is InChI=1S/C15H27N3O2/c1-12(15(16)20)17-7-9-18(10-8-17)14(19)11-13-5-3-2-4-6-13/h12-13H,2-11H2,1H3,(H2,16,20). The van der Waals surface area contributed by atoms with E-state index in [2.05, 4.69) is 4.90 Å². The third-order valence-electron chi connectivity index (χ3n) is 4.81. The number of hydrogen-bond acceptors (Lipinski definition) is 3. The number of amides is 2. The summed E-state index contributed by atoms with van der Waals surface area (Å²) in [5.74, 6) is 0.606. The van der Waals surface area contributed by atoms with Gasteiger partial charge in [-0.2, -0.15) is 0 Å². The van der Waals surface area contributed by atoms with Crippen LogP contribution in [0.1, 0.15) is 45.4 Å². The van der Waals surface area contributed by atoms with E-state index in [0.29, 0.717) is 18.2 Å². The van der Waals surface area contributed by atoms with Crippen LogP contribution in [0, 0.1) is 5.92 Å². The molecule has 0 radical (unpaired) electrons. The van der Waals surface area contributed by atoms with Crippen LogP contribution >= 0.6 is 0 Å². The molecule has 2 aliphatic rings. The maximum absolute atomic E-state index is 12.3. The molecule has 0 spiro atoms. The Labute approximate surface area is 121 Å². The summed E-state index contributed by atoms with van der Waals surface area (Å²) in [6, 6.07) is -0.231. The molecule has 0 aromatic rings. The number of piperazine rings is 1. The van der Waals surface area contributed by atoms with Crippen LogP contribution in [-0.2, 0) is 9.59 Å². The molecule has 1 heterocycles. The van der Waals surface area contributed by atoms with Gasteiger partial charge in [-0.15, -0.1) is 0 Å². The fourth-order valence-electron chi connectivity index (χ4n) is 3.31. The van der Waals surface area contributed by atoms with Gasteiger partial charge in [-0.1, -0.05) is 19.3 Å². The highest BCUT2D eigenvalue weighted by atomic mass is 16.2. The van der Waals surface area contributed by atoms with Gasteiger partial charge in [0.2, 0.25) is 11.8 Å². The molecule has 0 aromatic carbocycles. The Morgan fingerprint density at radius 2 is 1.70 bits per heavy atom. The lowest BCUT2D eigenvalue weighted by Gasteiger charge is -2.37. The van der Waals surface area contributed by atoms with E-state index in [9.17, 15) is 9.59 Å². The van der Waals surface area contributed by atoms with Gasteiger partial charge in [-0.05, 0) is 25.7 Å². The van der Waals surface area contributed by atoms with Gasteiger partial charge in [0.15, 0.2) is 0 Å². The summed E-state index contributed by atoms with van der Waals surface area (Å²) in [6.07, 6.45) is 7.03. The summed E-state index contributed by atoms with van der Waals surface area (Å²) < 4.78 is 0. The predicted octanol–water partition coefficient (Wildman–Crippen LogP) is 0.975. The van der Waals surface area contributed by atoms with Crippen molar-refractivity contribution in [1.82, 2.24) is 9.80 Å². The van der Waals surface area contributed by atoms with Crippen LogP contribution in [0.15, 0.2) is 0 Å². The van der Waals surface area contributed by atoms with E-state index in [-0.39, 0.29) is 11.9 Å². The lowest BCUT2D eigenvalue weighted by Crippen LogP contribution is -2.54. The van der Waals surface area contributed by atoms with E-state index in [1.54, 1.807) is 0 Å². The van der Waals surface area contributed by atoms with Crippen molar-refractivity contribution in [2.24, 2.45) is 11.7 Å². The summed E-state index contributed by atoms with van der Waals surface area (Å²) in [5, 5.41) is 0. The number of carbonyl (C=O) groups excluding carboxylic acids is 2. The second-order valence-corrected chi connectivity index (χ2v) is 6.20. The maximum atomic E-state index is 12.3. The molecule has 2 rings (SSSR count). The first-order valence-corrected chi connectivity index (χ1v) is 7.89. The lowest BCUT2D eigenvalue weighted by atomic mass is 9.86. The molecule has 2 amide bonds. The van der Waals surface area contributed by atoms with Crippen molar-refractivity contribution in [3.05, 3.63) is 0 Å².